The fourth-order valence-electron chi connectivity index (χ4n) is 4.25. The molecule has 25 heavy (non-hydrogen) atoms. The van der Waals surface area contributed by atoms with E-state index in [0.29, 0.717) is 6.42 Å². The normalized spacial score (nSPS) is 18.8. The zero-order valence-corrected chi connectivity index (χ0v) is 14.1. The molecule has 0 spiro atoms. The van der Waals surface area contributed by atoms with E-state index in [4.69, 9.17) is 4.74 Å². The summed E-state index contributed by atoms with van der Waals surface area (Å²) < 4.78 is 5.70. The summed E-state index contributed by atoms with van der Waals surface area (Å²) in [7, 11) is 1.71. The van der Waals surface area contributed by atoms with Crippen LogP contribution in [-0.4, -0.2) is 23.2 Å². The molecule has 2 N–H and O–H groups in total. The number of hydrogen-bond acceptors (Lipinski definition) is 3. The number of amides is 1. The first-order chi connectivity index (χ1) is 12.2. The first-order valence-corrected chi connectivity index (χ1v) is 8.69. The van der Waals surface area contributed by atoms with Gasteiger partial charge < -0.3 is 10.1 Å². The van der Waals surface area contributed by atoms with E-state index < -0.39 is 0 Å². The van der Waals surface area contributed by atoms with Crippen LogP contribution in [0.15, 0.2) is 30.5 Å². The van der Waals surface area contributed by atoms with Crippen LogP contribution in [0.5, 0.6) is 5.75 Å². The maximum absolute atomic E-state index is 12.3. The average Bonchev–Trinajstić information content (AvgIpc) is 3.26. The van der Waals surface area contributed by atoms with E-state index in [0.717, 1.165) is 46.3 Å². The van der Waals surface area contributed by atoms with Gasteiger partial charge in [0.2, 0.25) is 5.91 Å². The van der Waals surface area contributed by atoms with Crippen LogP contribution in [0, 0.1) is 0 Å². The molecule has 1 aliphatic heterocycles. The molecule has 1 amide bonds. The van der Waals surface area contributed by atoms with Crippen LogP contribution in [0.4, 0.5) is 5.69 Å². The molecular formula is C20H19N3O2. The molecular weight excluding hydrogens is 314 g/mol. The second-order valence-corrected chi connectivity index (χ2v) is 6.92. The highest BCUT2D eigenvalue weighted by atomic mass is 16.5. The molecule has 2 aliphatic rings. The van der Waals surface area contributed by atoms with E-state index in [1.165, 1.54) is 17.5 Å². The molecule has 5 heteroatoms. The first kappa shape index (κ1) is 14.5. The molecule has 1 aliphatic carbocycles. The smallest absolute Gasteiger partial charge is 0.225 e. The molecule has 2 heterocycles. The van der Waals surface area contributed by atoms with Crippen LogP contribution < -0.4 is 10.1 Å². The summed E-state index contributed by atoms with van der Waals surface area (Å²) in [5.74, 6) is 0.932. The number of aromatic amines is 1. The standard InChI is InChI=1S/C20H19N3O2/c1-25-19-7-12-4-2-3-11(12)5-16(19)14-8-20(24)22-18-9-17-13(6-15(14)18)10-21-23-17/h5-7,9-10,14H,2-4,8H2,1H3,(H,21,23)(H,22,24). The van der Waals surface area contributed by atoms with Gasteiger partial charge in [0.05, 0.1) is 18.8 Å². The number of carbonyl (C=O) groups excluding carboxylic acids is 1. The summed E-state index contributed by atoms with van der Waals surface area (Å²) in [5.41, 5.74) is 6.81. The van der Waals surface area contributed by atoms with Gasteiger partial charge in [-0.25, -0.2) is 0 Å². The monoisotopic (exact) mass is 333 g/mol. The highest BCUT2D eigenvalue weighted by molar-refractivity contribution is 5.98. The van der Waals surface area contributed by atoms with Gasteiger partial charge >= 0.3 is 0 Å². The van der Waals surface area contributed by atoms with Gasteiger partial charge in [0.25, 0.3) is 0 Å². The lowest BCUT2D eigenvalue weighted by Crippen LogP contribution is -2.24. The first-order valence-electron chi connectivity index (χ1n) is 8.69. The maximum atomic E-state index is 12.3. The lowest BCUT2D eigenvalue weighted by molar-refractivity contribution is -0.116. The van der Waals surface area contributed by atoms with Crippen molar-refractivity contribution in [3.05, 3.63) is 52.7 Å². The third-order valence-electron chi connectivity index (χ3n) is 5.47. The van der Waals surface area contributed by atoms with Gasteiger partial charge in [-0.3, -0.25) is 9.89 Å². The Bertz CT molecular complexity index is 1010. The van der Waals surface area contributed by atoms with Crippen molar-refractivity contribution in [2.75, 3.05) is 12.4 Å². The van der Waals surface area contributed by atoms with E-state index in [1.54, 1.807) is 7.11 Å². The van der Waals surface area contributed by atoms with E-state index in [9.17, 15) is 4.79 Å². The second-order valence-electron chi connectivity index (χ2n) is 6.92. The molecule has 1 atom stereocenters. The minimum Gasteiger partial charge on any atom is -0.496 e. The Kier molecular flexibility index (Phi) is 3.10. The van der Waals surface area contributed by atoms with Crippen molar-refractivity contribution in [2.24, 2.45) is 0 Å². The Labute approximate surface area is 145 Å². The van der Waals surface area contributed by atoms with Crippen LogP contribution in [0.2, 0.25) is 0 Å². The molecule has 5 nitrogen and oxygen atoms in total. The molecule has 2 aromatic carbocycles. The largest absolute Gasteiger partial charge is 0.496 e. The molecule has 0 radical (unpaired) electrons. The quantitative estimate of drug-likeness (QED) is 0.754. The van der Waals surface area contributed by atoms with Gasteiger partial charge in [0, 0.05) is 29.0 Å². The molecule has 126 valence electrons. The van der Waals surface area contributed by atoms with Crippen LogP contribution in [-0.2, 0) is 17.6 Å². The number of ether oxygens (including phenoxy) is 1. The van der Waals surface area contributed by atoms with Crippen molar-refractivity contribution in [2.45, 2.75) is 31.6 Å². The summed E-state index contributed by atoms with van der Waals surface area (Å²) in [6, 6.07) is 8.53. The number of aryl methyl sites for hydroxylation is 2. The molecule has 1 unspecified atom stereocenters. The van der Waals surface area contributed by atoms with Crippen LogP contribution in [0.3, 0.4) is 0 Å². The number of nitrogens with zero attached hydrogens (tertiary/aromatic N) is 1. The van der Waals surface area contributed by atoms with Crippen molar-refractivity contribution in [1.82, 2.24) is 10.2 Å². The second kappa shape index (κ2) is 5.34. The van der Waals surface area contributed by atoms with Crippen molar-refractivity contribution in [3.63, 3.8) is 0 Å². The van der Waals surface area contributed by atoms with Gasteiger partial charge in [-0.2, -0.15) is 5.10 Å². The minimum absolute atomic E-state index is 0.00361. The van der Waals surface area contributed by atoms with Gasteiger partial charge in [0.1, 0.15) is 5.75 Å². The molecule has 5 rings (SSSR count). The average molecular weight is 333 g/mol. The number of anilines is 1. The number of fused-ring (bicyclic) bond motifs is 3. The number of rotatable bonds is 2. The van der Waals surface area contributed by atoms with Gasteiger partial charge in [-0.05, 0) is 54.2 Å². The van der Waals surface area contributed by atoms with Crippen molar-refractivity contribution in [1.29, 1.82) is 0 Å². The summed E-state index contributed by atoms with van der Waals surface area (Å²) in [5, 5.41) is 11.1. The predicted octanol–water partition coefficient (Wildman–Crippen LogP) is 3.53. The zero-order chi connectivity index (χ0) is 17.0. The van der Waals surface area contributed by atoms with E-state index in [2.05, 4.69) is 33.7 Å². The van der Waals surface area contributed by atoms with E-state index in [-0.39, 0.29) is 11.8 Å². The van der Waals surface area contributed by atoms with Crippen molar-refractivity contribution < 1.29 is 9.53 Å². The van der Waals surface area contributed by atoms with Crippen molar-refractivity contribution in [3.8, 4) is 5.75 Å². The molecule has 0 saturated carbocycles. The summed E-state index contributed by atoms with van der Waals surface area (Å²) >= 11 is 0. The van der Waals surface area contributed by atoms with Gasteiger partial charge in [-0.1, -0.05) is 6.07 Å². The zero-order valence-electron chi connectivity index (χ0n) is 14.1. The fourth-order valence-corrected chi connectivity index (χ4v) is 4.25. The molecule has 0 bridgehead atoms. The summed E-state index contributed by atoms with van der Waals surface area (Å²) in [6.45, 7) is 0. The Morgan fingerprint density at radius 1 is 1.12 bits per heavy atom. The third kappa shape index (κ3) is 2.22. The Morgan fingerprint density at radius 3 is 2.80 bits per heavy atom. The summed E-state index contributed by atoms with van der Waals surface area (Å²) in [4.78, 5) is 12.3. The Balaban J connectivity index is 1.71. The number of benzene rings is 2. The molecule has 1 aromatic heterocycles. The fraction of sp³-hybridized carbons (Fsp3) is 0.300. The van der Waals surface area contributed by atoms with Crippen molar-refractivity contribution >= 4 is 22.5 Å². The number of hydrogen-bond donors (Lipinski definition) is 2. The van der Waals surface area contributed by atoms with E-state index >= 15 is 0 Å². The maximum Gasteiger partial charge on any atom is 0.225 e. The number of nitrogens with one attached hydrogen (secondary N) is 2. The minimum atomic E-state index is 0.00361. The van der Waals surface area contributed by atoms with Crippen LogP contribution in [0.1, 0.15) is 41.0 Å². The van der Waals surface area contributed by atoms with Crippen LogP contribution in [0.25, 0.3) is 10.9 Å². The van der Waals surface area contributed by atoms with Gasteiger partial charge in [0.15, 0.2) is 0 Å². The number of aromatic nitrogens is 2. The number of H-pyrrole nitrogens is 1. The molecule has 0 fully saturated rings. The Hall–Kier alpha value is -2.82. The highest BCUT2D eigenvalue weighted by Crippen LogP contribution is 2.43. The van der Waals surface area contributed by atoms with Gasteiger partial charge in [-0.15, -0.1) is 0 Å². The Morgan fingerprint density at radius 2 is 1.96 bits per heavy atom. The topological polar surface area (TPSA) is 67.0 Å². The molecule has 3 aromatic rings. The van der Waals surface area contributed by atoms with E-state index in [1.807, 2.05) is 12.3 Å². The van der Waals surface area contributed by atoms with Crippen LogP contribution >= 0.6 is 0 Å². The number of carbonyl (C=O) groups is 1. The predicted molar refractivity (Wildman–Crippen MR) is 96.2 cm³/mol. The third-order valence-corrected chi connectivity index (χ3v) is 5.47. The highest BCUT2D eigenvalue weighted by Gasteiger charge is 2.30. The molecule has 0 saturated heterocycles. The number of methoxy groups -OCH3 is 1. The SMILES string of the molecule is COc1cc2c(cc1C1CC(=O)Nc3cc4[nH]ncc4cc31)CCC2. The lowest BCUT2D eigenvalue weighted by atomic mass is 9.82. The summed E-state index contributed by atoms with van der Waals surface area (Å²) in [6.07, 6.45) is 5.68. The lowest BCUT2D eigenvalue weighted by Gasteiger charge is -2.28.